The molecule has 4 nitrogen and oxygen atoms in total. The number of nitrogens with zero attached hydrogens (tertiary/aromatic N) is 1. The number of anilines is 2. The third-order valence-corrected chi connectivity index (χ3v) is 4.27. The molecule has 0 bridgehead atoms. The second-order valence-electron chi connectivity index (χ2n) is 4.42. The van der Waals surface area contributed by atoms with E-state index >= 15 is 0 Å². The zero-order valence-electron chi connectivity index (χ0n) is 9.26. The Balaban J connectivity index is 2.25. The Morgan fingerprint density at radius 2 is 2.31 bits per heavy atom. The van der Waals surface area contributed by atoms with Crippen LogP contribution >= 0.6 is 15.9 Å². The van der Waals surface area contributed by atoms with Gasteiger partial charge < -0.3 is 16.2 Å². The van der Waals surface area contributed by atoms with Crippen LogP contribution in [-0.4, -0.2) is 22.2 Å². The molecule has 1 saturated carbocycles. The van der Waals surface area contributed by atoms with Gasteiger partial charge in [0.1, 0.15) is 5.82 Å². The second-order valence-corrected chi connectivity index (χ2v) is 5.21. The molecule has 0 aromatic carbocycles. The average Bonchev–Trinajstić information content (AvgIpc) is 2.23. The van der Waals surface area contributed by atoms with Gasteiger partial charge in [0.2, 0.25) is 0 Å². The summed E-state index contributed by atoms with van der Waals surface area (Å²) < 4.78 is 0.882. The fourth-order valence-corrected chi connectivity index (χ4v) is 2.29. The van der Waals surface area contributed by atoms with E-state index < -0.39 is 0 Å². The number of halogens is 1. The van der Waals surface area contributed by atoms with Crippen LogP contribution in [0.1, 0.15) is 24.8 Å². The van der Waals surface area contributed by atoms with Crippen LogP contribution in [0, 0.1) is 6.92 Å². The van der Waals surface area contributed by atoms with E-state index in [1.54, 1.807) is 6.20 Å². The molecule has 1 aromatic heterocycles. The summed E-state index contributed by atoms with van der Waals surface area (Å²) in [7, 11) is 0. The Kier molecular flexibility index (Phi) is 3.08. The maximum Gasteiger partial charge on any atom is 0.141 e. The summed E-state index contributed by atoms with van der Waals surface area (Å²) in [4.78, 5) is 4.26. The van der Waals surface area contributed by atoms with E-state index in [-0.39, 0.29) is 12.1 Å². The lowest BCUT2D eigenvalue weighted by molar-refractivity contribution is 0.143. The summed E-state index contributed by atoms with van der Waals surface area (Å²) in [5.41, 5.74) is 7.23. The number of aliphatic hydroxyl groups excluding tert-OH is 1. The Morgan fingerprint density at radius 3 is 2.81 bits per heavy atom. The molecule has 0 unspecified atom stereocenters. The minimum Gasteiger partial charge on any atom is -0.397 e. The summed E-state index contributed by atoms with van der Waals surface area (Å²) in [5, 5.41) is 12.7. The third-order valence-electron chi connectivity index (χ3n) is 3.30. The minimum atomic E-state index is -0.182. The van der Waals surface area contributed by atoms with Gasteiger partial charge in [0.05, 0.1) is 28.5 Å². The van der Waals surface area contributed by atoms with Crippen LogP contribution in [0.15, 0.2) is 10.7 Å². The minimum absolute atomic E-state index is 0.143. The van der Waals surface area contributed by atoms with Gasteiger partial charge in [0, 0.05) is 0 Å². The maximum absolute atomic E-state index is 9.38. The molecule has 1 fully saturated rings. The number of nitrogens with one attached hydrogen (secondary N) is 1. The largest absolute Gasteiger partial charge is 0.397 e. The summed E-state index contributed by atoms with van der Waals surface area (Å²) in [6.07, 6.45) is 4.77. The van der Waals surface area contributed by atoms with E-state index in [9.17, 15) is 5.11 Å². The topological polar surface area (TPSA) is 71.2 Å². The van der Waals surface area contributed by atoms with Crippen molar-refractivity contribution in [1.29, 1.82) is 0 Å². The van der Waals surface area contributed by atoms with Gasteiger partial charge >= 0.3 is 0 Å². The zero-order valence-corrected chi connectivity index (χ0v) is 10.8. The normalized spacial score (nSPS) is 17.9. The highest BCUT2D eigenvalue weighted by molar-refractivity contribution is 9.10. The van der Waals surface area contributed by atoms with Crippen LogP contribution in [0.2, 0.25) is 0 Å². The van der Waals surface area contributed by atoms with Crippen molar-refractivity contribution in [2.75, 3.05) is 17.7 Å². The van der Waals surface area contributed by atoms with E-state index in [2.05, 4.69) is 26.2 Å². The highest BCUT2D eigenvalue weighted by Crippen LogP contribution is 2.37. The number of pyridine rings is 1. The van der Waals surface area contributed by atoms with Crippen molar-refractivity contribution in [2.45, 2.75) is 31.7 Å². The van der Waals surface area contributed by atoms with Crippen LogP contribution in [0.25, 0.3) is 0 Å². The Hall–Kier alpha value is -0.810. The molecule has 88 valence electrons. The van der Waals surface area contributed by atoms with Crippen molar-refractivity contribution in [1.82, 2.24) is 4.98 Å². The van der Waals surface area contributed by atoms with E-state index in [0.717, 1.165) is 35.1 Å². The highest BCUT2D eigenvalue weighted by Gasteiger charge is 2.37. The molecule has 0 aliphatic heterocycles. The van der Waals surface area contributed by atoms with Crippen molar-refractivity contribution >= 4 is 27.4 Å². The summed E-state index contributed by atoms with van der Waals surface area (Å²) >= 11 is 3.48. The van der Waals surface area contributed by atoms with Crippen molar-refractivity contribution in [2.24, 2.45) is 0 Å². The van der Waals surface area contributed by atoms with Gasteiger partial charge in [-0.1, -0.05) is 0 Å². The number of nitrogens with two attached hydrogens (primary N) is 1. The van der Waals surface area contributed by atoms with Crippen LogP contribution in [0.3, 0.4) is 0 Å². The number of nitrogen functional groups attached to an aromatic ring is 1. The number of hydrogen-bond acceptors (Lipinski definition) is 4. The lowest BCUT2D eigenvalue weighted by Gasteiger charge is -2.41. The SMILES string of the molecule is Cc1c(N)cnc(NC2(CO)CCC2)c1Br. The number of aromatic nitrogens is 1. The molecule has 4 N–H and O–H groups in total. The number of hydrogen-bond donors (Lipinski definition) is 3. The van der Waals surface area contributed by atoms with Crippen LogP contribution in [0.4, 0.5) is 11.5 Å². The maximum atomic E-state index is 9.38. The molecule has 2 rings (SSSR count). The van der Waals surface area contributed by atoms with Gasteiger partial charge in [-0.15, -0.1) is 0 Å². The molecule has 1 aliphatic rings. The zero-order chi connectivity index (χ0) is 11.8. The first-order chi connectivity index (χ1) is 7.58. The second kappa shape index (κ2) is 4.22. The van der Waals surface area contributed by atoms with Gasteiger partial charge in [-0.25, -0.2) is 4.98 Å². The van der Waals surface area contributed by atoms with E-state index in [4.69, 9.17) is 5.73 Å². The van der Waals surface area contributed by atoms with Gasteiger partial charge in [-0.2, -0.15) is 0 Å². The molecular formula is C11H16BrN3O. The van der Waals surface area contributed by atoms with Crippen LogP contribution in [0.5, 0.6) is 0 Å². The molecule has 0 atom stereocenters. The van der Waals surface area contributed by atoms with Crippen molar-refractivity contribution < 1.29 is 5.11 Å². The highest BCUT2D eigenvalue weighted by atomic mass is 79.9. The standard InChI is InChI=1S/C11H16BrN3O/c1-7-8(13)5-14-10(9(7)12)15-11(6-16)3-2-4-11/h5,16H,2-4,6,13H2,1H3,(H,14,15). The lowest BCUT2D eigenvalue weighted by atomic mass is 9.77. The van der Waals surface area contributed by atoms with Crippen molar-refractivity contribution in [3.8, 4) is 0 Å². The first-order valence-corrected chi connectivity index (χ1v) is 6.17. The fraction of sp³-hybridized carbons (Fsp3) is 0.545. The van der Waals surface area contributed by atoms with Gasteiger partial charge in [-0.05, 0) is 47.7 Å². The first-order valence-electron chi connectivity index (χ1n) is 5.38. The van der Waals surface area contributed by atoms with Crippen molar-refractivity contribution in [3.63, 3.8) is 0 Å². The number of aliphatic hydroxyl groups is 1. The molecule has 0 radical (unpaired) electrons. The molecular weight excluding hydrogens is 270 g/mol. The third kappa shape index (κ3) is 1.89. The van der Waals surface area contributed by atoms with E-state index in [1.165, 1.54) is 0 Å². The molecule has 1 heterocycles. The molecule has 1 aromatic rings. The monoisotopic (exact) mass is 285 g/mol. The molecule has 1 aliphatic carbocycles. The average molecular weight is 286 g/mol. The Morgan fingerprint density at radius 1 is 1.62 bits per heavy atom. The number of rotatable bonds is 3. The summed E-state index contributed by atoms with van der Waals surface area (Å²) in [6.45, 7) is 2.09. The summed E-state index contributed by atoms with van der Waals surface area (Å²) in [5.74, 6) is 0.764. The predicted octanol–water partition coefficient (Wildman–Crippen LogP) is 2.06. The van der Waals surface area contributed by atoms with Crippen molar-refractivity contribution in [3.05, 3.63) is 16.2 Å². The molecule has 16 heavy (non-hydrogen) atoms. The quantitative estimate of drug-likeness (QED) is 0.795. The van der Waals surface area contributed by atoms with Crippen LogP contribution in [-0.2, 0) is 0 Å². The molecule has 0 saturated heterocycles. The summed E-state index contributed by atoms with van der Waals surface area (Å²) in [6, 6.07) is 0. The van der Waals surface area contributed by atoms with E-state index in [1.807, 2.05) is 6.92 Å². The smallest absolute Gasteiger partial charge is 0.141 e. The Bertz CT molecular complexity index is 399. The fourth-order valence-electron chi connectivity index (χ4n) is 1.86. The first kappa shape index (κ1) is 11.7. The lowest BCUT2D eigenvalue weighted by Crippen LogP contribution is -2.48. The molecule has 0 spiro atoms. The van der Waals surface area contributed by atoms with E-state index in [0.29, 0.717) is 5.69 Å². The van der Waals surface area contributed by atoms with Gasteiger partial charge in [-0.3, -0.25) is 0 Å². The van der Waals surface area contributed by atoms with Gasteiger partial charge in [0.15, 0.2) is 0 Å². The van der Waals surface area contributed by atoms with Crippen LogP contribution < -0.4 is 11.1 Å². The molecule has 0 amide bonds. The Labute approximate surface area is 103 Å². The predicted molar refractivity (Wildman–Crippen MR) is 68.4 cm³/mol. The van der Waals surface area contributed by atoms with Gasteiger partial charge in [0.25, 0.3) is 0 Å². The molecule has 5 heteroatoms.